The molecule has 1 aromatic heterocycles. The van der Waals surface area contributed by atoms with E-state index in [9.17, 15) is 0 Å². The van der Waals surface area contributed by atoms with Gasteiger partial charge in [-0.3, -0.25) is 4.98 Å². The zero-order valence-electron chi connectivity index (χ0n) is 10.1. The van der Waals surface area contributed by atoms with Gasteiger partial charge in [-0.1, -0.05) is 47.1 Å². The Kier molecular flexibility index (Phi) is 4.11. The van der Waals surface area contributed by atoms with Crippen molar-refractivity contribution < 1.29 is 0 Å². The van der Waals surface area contributed by atoms with E-state index in [0.717, 1.165) is 23.2 Å². The summed E-state index contributed by atoms with van der Waals surface area (Å²) in [6, 6.07) is 13.8. The van der Waals surface area contributed by atoms with Crippen LogP contribution in [0.1, 0.15) is 29.4 Å². The highest BCUT2D eigenvalue weighted by atomic mass is 79.9. The molecule has 2 aromatic rings. The molecule has 0 aliphatic carbocycles. The van der Waals surface area contributed by atoms with Crippen LogP contribution in [-0.2, 0) is 0 Å². The van der Waals surface area contributed by atoms with E-state index in [-0.39, 0.29) is 4.83 Å². The van der Waals surface area contributed by atoms with Gasteiger partial charge in [0.25, 0.3) is 0 Å². The number of rotatable bonds is 3. The molecule has 0 N–H and O–H groups in total. The van der Waals surface area contributed by atoms with E-state index in [0.29, 0.717) is 5.56 Å². The summed E-state index contributed by atoms with van der Waals surface area (Å²) in [5, 5.41) is 9.08. The molecule has 0 fully saturated rings. The Morgan fingerprint density at radius 2 is 2.06 bits per heavy atom. The lowest BCUT2D eigenvalue weighted by molar-refractivity contribution is 0.873. The van der Waals surface area contributed by atoms with Crippen LogP contribution in [0.4, 0.5) is 0 Å². The maximum Gasteiger partial charge on any atom is 0.0998 e. The van der Waals surface area contributed by atoms with Crippen molar-refractivity contribution in [3.8, 4) is 17.2 Å². The number of alkyl halides is 1. The smallest absolute Gasteiger partial charge is 0.0998 e. The van der Waals surface area contributed by atoms with Gasteiger partial charge in [0.05, 0.1) is 22.2 Å². The van der Waals surface area contributed by atoms with Crippen LogP contribution in [0.5, 0.6) is 0 Å². The van der Waals surface area contributed by atoms with Gasteiger partial charge in [-0.05, 0) is 18.6 Å². The second-order valence-electron chi connectivity index (χ2n) is 4.00. The Morgan fingerprint density at radius 3 is 2.67 bits per heavy atom. The molecule has 0 saturated heterocycles. The average Bonchev–Trinajstić information content (AvgIpc) is 2.46. The monoisotopic (exact) mass is 300 g/mol. The standard InChI is InChI=1S/C15H13BrN2/c1-2-14(16)15-8-7-12(10-18-15)13-6-4-3-5-11(13)9-17/h3-8,10,14H,2H2,1H3. The van der Waals surface area contributed by atoms with E-state index in [1.807, 2.05) is 42.6 Å². The van der Waals surface area contributed by atoms with E-state index in [2.05, 4.69) is 33.9 Å². The first-order chi connectivity index (χ1) is 8.76. The van der Waals surface area contributed by atoms with Crippen molar-refractivity contribution in [1.82, 2.24) is 4.98 Å². The minimum atomic E-state index is 0.290. The van der Waals surface area contributed by atoms with Crippen molar-refractivity contribution in [2.45, 2.75) is 18.2 Å². The van der Waals surface area contributed by atoms with Crippen LogP contribution >= 0.6 is 15.9 Å². The third-order valence-corrected chi connectivity index (χ3v) is 3.94. The molecule has 2 nitrogen and oxygen atoms in total. The molecule has 0 aliphatic heterocycles. The molecule has 1 heterocycles. The average molecular weight is 301 g/mol. The number of pyridine rings is 1. The highest BCUT2D eigenvalue weighted by molar-refractivity contribution is 9.09. The molecule has 1 atom stereocenters. The van der Waals surface area contributed by atoms with Gasteiger partial charge in [-0.25, -0.2) is 0 Å². The first kappa shape index (κ1) is 12.8. The Morgan fingerprint density at radius 1 is 1.28 bits per heavy atom. The number of hydrogen-bond donors (Lipinski definition) is 0. The molecule has 2 rings (SSSR count). The fourth-order valence-corrected chi connectivity index (χ4v) is 2.06. The number of halogens is 1. The minimum absolute atomic E-state index is 0.290. The van der Waals surface area contributed by atoms with Gasteiger partial charge in [-0.15, -0.1) is 0 Å². The number of aromatic nitrogens is 1. The fourth-order valence-electron chi connectivity index (χ4n) is 1.79. The van der Waals surface area contributed by atoms with Gasteiger partial charge in [0, 0.05) is 17.3 Å². The SMILES string of the molecule is CCC(Br)c1ccc(-c2ccccc2C#N)cn1. The zero-order valence-corrected chi connectivity index (χ0v) is 11.7. The predicted octanol–water partition coefficient (Wildman–Crippen LogP) is 4.47. The Hall–Kier alpha value is -1.66. The normalized spacial score (nSPS) is 11.8. The Labute approximate surface area is 115 Å². The van der Waals surface area contributed by atoms with Crippen molar-refractivity contribution in [2.75, 3.05) is 0 Å². The van der Waals surface area contributed by atoms with Crippen LogP contribution < -0.4 is 0 Å². The van der Waals surface area contributed by atoms with Gasteiger partial charge in [-0.2, -0.15) is 5.26 Å². The quantitative estimate of drug-likeness (QED) is 0.784. The van der Waals surface area contributed by atoms with Crippen LogP contribution in [0.25, 0.3) is 11.1 Å². The summed E-state index contributed by atoms with van der Waals surface area (Å²) >= 11 is 3.58. The maximum absolute atomic E-state index is 9.08. The van der Waals surface area contributed by atoms with Gasteiger partial charge >= 0.3 is 0 Å². The second-order valence-corrected chi connectivity index (χ2v) is 5.11. The zero-order chi connectivity index (χ0) is 13.0. The number of hydrogen-bond acceptors (Lipinski definition) is 2. The fraction of sp³-hybridized carbons (Fsp3) is 0.200. The molecule has 0 radical (unpaired) electrons. The van der Waals surface area contributed by atoms with Crippen molar-refractivity contribution in [3.63, 3.8) is 0 Å². The van der Waals surface area contributed by atoms with Crippen LogP contribution in [0.3, 0.4) is 0 Å². The molecule has 0 amide bonds. The van der Waals surface area contributed by atoms with Gasteiger partial charge in [0.2, 0.25) is 0 Å². The lowest BCUT2D eigenvalue weighted by atomic mass is 10.0. The lowest BCUT2D eigenvalue weighted by Crippen LogP contribution is -1.93. The third-order valence-electron chi connectivity index (χ3n) is 2.82. The van der Waals surface area contributed by atoms with E-state index in [4.69, 9.17) is 5.26 Å². The summed E-state index contributed by atoms with van der Waals surface area (Å²) in [7, 11) is 0. The number of nitrogens with zero attached hydrogens (tertiary/aromatic N) is 2. The van der Waals surface area contributed by atoms with Crippen LogP contribution in [0, 0.1) is 11.3 Å². The Bertz CT molecular complexity index is 570. The molecule has 0 spiro atoms. The summed E-state index contributed by atoms with van der Waals surface area (Å²) in [5.74, 6) is 0. The van der Waals surface area contributed by atoms with E-state index in [1.165, 1.54) is 0 Å². The molecule has 0 aliphatic rings. The Balaban J connectivity index is 2.38. The van der Waals surface area contributed by atoms with Gasteiger partial charge in [0.1, 0.15) is 0 Å². The molecular weight excluding hydrogens is 288 g/mol. The highest BCUT2D eigenvalue weighted by Gasteiger charge is 2.08. The number of nitriles is 1. The minimum Gasteiger partial charge on any atom is -0.259 e. The van der Waals surface area contributed by atoms with Crippen molar-refractivity contribution in [3.05, 3.63) is 53.9 Å². The molecule has 18 heavy (non-hydrogen) atoms. The van der Waals surface area contributed by atoms with Crippen molar-refractivity contribution in [2.24, 2.45) is 0 Å². The third kappa shape index (κ3) is 2.60. The molecule has 0 bridgehead atoms. The van der Waals surface area contributed by atoms with Crippen LogP contribution in [-0.4, -0.2) is 4.98 Å². The second kappa shape index (κ2) is 5.79. The van der Waals surface area contributed by atoms with Crippen molar-refractivity contribution in [1.29, 1.82) is 5.26 Å². The molecule has 1 aromatic carbocycles. The van der Waals surface area contributed by atoms with Crippen LogP contribution in [0.15, 0.2) is 42.6 Å². The van der Waals surface area contributed by atoms with E-state index >= 15 is 0 Å². The molecule has 90 valence electrons. The summed E-state index contributed by atoms with van der Waals surface area (Å²) in [6.07, 6.45) is 2.83. The largest absolute Gasteiger partial charge is 0.259 e. The van der Waals surface area contributed by atoms with Gasteiger partial charge < -0.3 is 0 Å². The molecule has 1 unspecified atom stereocenters. The van der Waals surface area contributed by atoms with E-state index in [1.54, 1.807) is 0 Å². The first-order valence-corrected chi connectivity index (χ1v) is 6.77. The van der Waals surface area contributed by atoms with Gasteiger partial charge in [0.15, 0.2) is 0 Å². The summed E-state index contributed by atoms with van der Waals surface area (Å²) < 4.78 is 0. The topological polar surface area (TPSA) is 36.7 Å². The maximum atomic E-state index is 9.08. The summed E-state index contributed by atoms with van der Waals surface area (Å²) in [4.78, 5) is 4.73. The van der Waals surface area contributed by atoms with E-state index < -0.39 is 0 Å². The number of benzene rings is 1. The molecule has 0 saturated carbocycles. The highest BCUT2D eigenvalue weighted by Crippen LogP contribution is 2.27. The summed E-state index contributed by atoms with van der Waals surface area (Å²) in [5.41, 5.74) is 3.61. The predicted molar refractivity (Wildman–Crippen MR) is 76.3 cm³/mol. The summed E-state index contributed by atoms with van der Waals surface area (Å²) in [6.45, 7) is 2.11. The first-order valence-electron chi connectivity index (χ1n) is 5.85. The van der Waals surface area contributed by atoms with Crippen LogP contribution in [0.2, 0.25) is 0 Å². The molecular formula is C15H13BrN2. The molecule has 3 heteroatoms. The lowest BCUT2D eigenvalue weighted by Gasteiger charge is -2.08. The van der Waals surface area contributed by atoms with Crippen molar-refractivity contribution >= 4 is 15.9 Å².